The monoisotopic (exact) mass is 264 g/mol. The normalized spacial score (nSPS) is 12.4. The van der Waals surface area contributed by atoms with E-state index in [1.807, 2.05) is 43.3 Å². The highest BCUT2D eigenvalue weighted by Gasteiger charge is 2.10. The molecule has 0 radical (unpaired) electrons. The first-order valence-electron chi connectivity index (χ1n) is 5.31. The molecule has 0 unspecified atom stereocenters. The molecule has 0 saturated heterocycles. The van der Waals surface area contributed by atoms with Crippen LogP contribution in [0, 0.1) is 0 Å². The first kappa shape index (κ1) is 12.4. The molecule has 2 rings (SSSR count). The third-order valence-corrected chi connectivity index (χ3v) is 3.89. The summed E-state index contributed by atoms with van der Waals surface area (Å²) in [4.78, 5) is 5.36. The maximum Gasteiger partial charge on any atom is 0.106 e. The summed E-state index contributed by atoms with van der Waals surface area (Å²) in [5, 5.41) is 1.65. The summed E-state index contributed by atoms with van der Waals surface area (Å²) < 4.78 is 0. The van der Waals surface area contributed by atoms with Gasteiger partial charge in [0.05, 0.1) is 5.02 Å². The molecule has 0 aliphatic heterocycles. The van der Waals surface area contributed by atoms with Crippen LogP contribution in [-0.4, -0.2) is 4.98 Å². The van der Waals surface area contributed by atoms with E-state index in [9.17, 15) is 0 Å². The third kappa shape index (κ3) is 3.00. The Kier molecular flexibility index (Phi) is 4.05. The summed E-state index contributed by atoms with van der Waals surface area (Å²) in [5.74, 6) is 0. The number of nitrogens with zero attached hydrogens (tertiary/aromatic N) is 1. The highest BCUT2D eigenvalue weighted by atomic mass is 35.5. The summed E-state index contributed by atoms with van der Waals surface area (Å²) in [6.07, 6.45) is 1.77. The van der Waals surface area contributed by atoms with E-state index in [2.05, 4.69) is 4.98 Å². The summed E-state index contributed by atoms with van der Waals surface area (Å²) in [7, 11) is 0. The molecule has 1 heterocycles. The van der Waals surface area contributed by atoms with Gasteiger partial charge in [0, 0.05) is 22.7 Å². The minimum Gasteiger partial charge on any atom is -0.324 e. The molecule has 2 N–H and O–H groups in total. The van der Waals surface area contributed by atoms with Gasteiger partial charge in [-0.3, -0.25) is 0 Å². The van der Waals surface area contributed by atoms with Crippen LogP contribution in [0.5, 0.6) is 0 Å². The Hall–Kier alpha value is -1.03. The van der Waals surface area contributed by atoms with Gasteiger partial charge in [-0.2, -0.15) is 0 Å². The van der Waals surface area contributed by atoms with Crippen LogP contribution in [0.2, 0.25) is 5.02 Å². The van der Waals surface area contributed by atoms with E-state index in [1.165, 1.54) is 0 Å². The van der Waals surface area contributed by atoms with Crippen LogP contribution >= 0.6 is 23.4 Å². The van der Waals surface area contributed by atoms with Crippen LogP contribution in [0.25, 0.3) is 0 Å². The average molecular weight is 265 g/mol. The Bertz CT molecular complexity index is 514. The largest absolute Gasteiger partial charge is 0.324 e. The minimum absolute atomic E-state index is 0.0336. The van der Waals surface area contributed by atoms with Gasteiger partial charge >= 0.3 is 0 Å². The number of hydrogen-bond donors (Lipinski definition) is 1. The molecule has 88 valence electrons. The summed E-state index contributed by atoms with van der Waals surface area (Å²) in [6.45, 7) is 1.95. The quantitative estimate of drug-likeness (QED) is 0.914. The fourth-order valence-electron chi connectivity index (χ4n) is 1.47. The van der Waals surface area contributed by atoms with Gasteiger partial charge in [0.2, 0.25) is 0 Å². The van der Waals surface area contributed by atoms with Crippen LogP contribution < -0.4 is 5.73 Å². The molecule has 4 heteroatoms. The summed E-state index contributed by atoms with van der Waals surface area (Å²) in [6, 6.07) is 11.6. The van der Waals surface area contributed by atoms with Crippen molar-refractivity contribution in [3.63, 3.8) is 0 Å². The second-order valence-corrected chi connectivity index (χ2v) is 5.16. The SMILES string of the molecule is C[C@@H](N)c1cccnc1Sc1ccccc1Cl. The van der Waals surface area contributed by atoms with Crippen molar-refractivity contribution in [2.24, 2.45) is 5.73 Å². The zero-order valence-corrected chi connectivity index (χ0v) is 11.0. The molecule has 0 aliphatic rings. The maximum atomic E-state index is 6.13. The summed E-state index contributed by atoms with van der Waals surface area (Å²) in [5.41, 5.74) is 6.96. The third-order valence-electron chi connectivity index (χ3n) is 2.33. The van der Waals surface area contributed by atoms with Crippen LogP contribution in [0.3, 0.4) is 0 Å². The lowest BCUT2D eigenvalue weighted by Crippen LogP contribution is -2.07. The van der Waals surface area contributed by atoms with Crippen molar-refractivity contribution in [3.8, 4) is 0 Å². The Morgan fingerprint density at radius 3 is 2.71 bits per heavy atom. The number of benzene rings is 1. The van der Waals surface area contributed by atoms with Crippen LogP contribution in [0.15, 0.2) is 52.5 Å². The number of hydrogen-bond acceptors (Lipinski definition) is 3. The lowest BCUT2D eigenvalue weighted by atomic mass is 10.2. The van der Waals surface area contributed by atoms with E-state index in [1.54, 1.807) is 18.0 Å². The Labute approximate surface area is 110 Å². The Morgan fingerprint density at radius 2 is 2.00 bits per heavy atom. The second kappa shape index (κ2) is 5.54. The predicted octanol–water partition coefficient (Wildman–Crippen LogP) is 3.91. The highest BCUT2D eigenvalue weighted by molar-refractivity contribution is 7.99. The lowest BCUT2D eigenvalue weighted by molar-refractivity contribution is 0.779. The maximum absolute atomic E-state index is 6.13. The number of aromatic nitrogens is 1. The average Bonchev–Trinajstić information content (AvgIpc) is 2.32. The number of pyridine rings is 1. The fraction of sp³-hybridized carbons (Fsp3) is 0.154. The number of rotatable bonds is 3. The summed E-state index contributed by atoms with van der Waals surface area (Å²) >= 11 is 7.67. The van der Waals surface area contributed by atoms with Crippen molar-refractivity contribution < 1.29 is 0 Å². The molecular formula is C13H13ClN2S. The molecule has 0 amide bonds. The zero-order valence-electron chi connectivity index (χ0n) is 9.43. The molecule has 0 fully saturated rings. The highest BCUT2D eigenvalue weighted by Crippen LogP contribution is 2.34. The fourth-order valence-corrected chi connectivity index (χ4v) is 2.72. The smallest absolute Gasteiger partial charge is 0.106 e. The van der Waals surface area contributed by atoms with Gasteiger partial charge < -0.3 is 5.73 Å². The number of nitrogens with two attached hydrogens (primary N) is 1. The molecule has 2 aromatic rings. The molecule has 17 heavy (non-hydrogen) atoms. The molecule has 1 aromatic heterocycles. The minimum atomic E-state index is -0.0336. The van der Waals surface area contributed by atoms with Crippen molar-refractivity contribution in [1.82, 2.24) is 4.98 Å². The Balaban J connectivity index is 2.34. The zero-order chi connectivity index (χ0) is 12.3. The molecule has 0 aliphatic carbocycles. The van der Waals surface area contributed by atoms with Gasteiger partial charge in [0.1, 0.15) is 5.03 Å². The first-order chi connectivity index (χ1) is 8.18. The van der Waals surface area contributed by atoms with Crippen LogP contribution in [0.1, 0.15) is 18.5 Å². The Morgan fingerprint density at radius 1 is 1.24 bits per heavy atom. The molecule has 1 aromatic carbocycles. The van der Waals surface area contributed by atoms with Gasteiger partial charge in [-0.25, -0.2) is 4.98 Å². The second-order valence-electron chi connectivity index (χ2n) is 3.72. The van der Waals surface area contributed by atoms with Gasteiger partial charge in [0.25, 0.3) is 0 Å². The van der Waals surface area contributed by atoms with Crippen molar-refractivity contribution in [2.45, 2.75) is 22.9 Å². The molecule has 0 saturated carbocycles. The first-order valence-corrected chi connectivity index (χ1v) is 6.51. The number of halogens is 1. The van der Waals surface area contributed by atoms with Crippen molar-refractivity contribution in [2.75, 3.05) is 0 Å². The molecule has 0 bridgehead atoms. The van der Waals surface area contributed by atoms with Gasteiger partial charge in [-0.15, -0.1) is 0 Å². The molecule has 1 atom stereocenters. The van der Waals surface area contributed by atoms with Crippen molar-refractivity contribution in [3.05, 3.63) is 53.2 Å². The van der Waals surface area contributed by atoms with Gasteiger partial charge in [-0.1, -0.05) is 41.6 Å². The molecular weight excluding hydrogens is 252 g/mol. The van der Waals surface area contributed by atoms with Gasteiger partial charge in [-0.05, 0) is 25.1 Å². The van der Waals surface area contributed by atoms with Crippen molar-refractivity contribution in [1.29, 1.82) is 0 Å². The van der Waals surface area contributed by atoms with E-state index in [-0.39, 0.29) is 6.04 Å². The lowest BCUT2D eigenvalue weighted by Gasteiger charge is -2.11. The predicted molar refractivity (Wildman–Crippen MR) is 72.4 cm³/mol. The van der Waals surface area contributed by atoms with E-state index >= 15 is 0 Å². The topological polar surface area (TPSA) is 38.9 Å². The van der Waals surface area contributed by atoms with Crippen LogP contribution in [0.4, 0.5) is 0 Å². The standard InChI is InChI=1S/C13H13ClN2S/c1-9(15)10-5-4-8-16-13(10)17-12-7-3-2-6-11(12)14/h2-9H,15H2,1H3/t9-/m1/s1. The van der Waals surface area contributed by atoms with E-state index in [0.29, 0.717) is 0 Å². The molecule has 0 spiro atoms. The van der Waals surface area contributed by atoms with E-state index in [0.717, 1.165) is 20.5 Å². The van der Waals surface area contributed by atoms with Crippen molar-refractivity contribution >= 4 is 23.4 Å². The molecule has 2 nitrogen and oxygen atoms in total. The van der Waals surface area contributed by atoms with Crippen LogP contribution in [-0.2, 0) is 0 Å². The van der Waals surface area contributed by atoms with E-state index in [4.69, 9.17) is 17.3 Å². The van der Waals surface area contributed by atoms with E-state index < -0.39 is 0 Å². The van der Waals surface area contributed by atoms with Gasteiger partial charge in [0.15, 0.2) is 0 Å².